The number of sulfonamides is 1. The van der Waals surface area contributed by atoms with Crippen molar-refractivity contribution in [3.05, 3.63) is 48.0 Å². The number of aromatic nitrogens is 2. The lowest BCUT2D eigenvalue weighted by atomic mass is 10.0. The molecule has 4 rings (SSSR count). The highest BCUT2D eigenvalue weighted by molar-refractivity contribution is 7.89. The van der Waals surface area contributed by atoms with Gasteiger partial charge in [-0.25, -0.2) is 13.4 Å². The van der Waals surface area contributed by atoms with Crippen LogP contribution in [0.3, 0.4) is 0 Å². The van der Waals surface area contributed by atoms with Crippen LogP contribution in [0.4, 0.5) is 0 Å². The molecule has 1 fully saturated rings. The molecule has 3 atom stereocenters. The Morgan fingerprint density at radius 2 is 2.11 bits per heavy atom. The van der Waals surface area contributed by atoms with Gasteiger partial charge in [0.25, 0.3) is 5.91 Å². The minimum Gasteiger partial charge on any atom is -0.487 e. The van der Waals surface area contributed by atoms with Crippen LogP contribution in [0.1, 0.15) is 42.7 Å². The Kier molecular flexibility index (Phi) is 7.40. The molecule has 2 aromatic rings. The summed E-state index contributed by atoms with van der Waals surface area (Å²) in [5, 5.41) is 9.78. The third-order valence-corrected chi connectivity index (χ3v) is 8.27. The molecule has 1 aliphatic heterocycles. The zero-order valence-corrected chi connectivity index (χ0v) is 20.9. The number of aliphatic hydroxyl groups excluding tert-OH is 1. The van der Waals surface area contributed by atoms with Gasteiger partial charge in [0.2, 0.25) is 10.0 Å². The number of hydrogen-bond acceptors (Lipinski definition) is 7. The van der Waals surface area contributed by atoms with Crippen molar-refractivity contribution in [2.24, 2.45) is 11.8 Å². The van der Waals surface area contributed by atoms with Crippen molar-refractivity contribution in [1.29, 1.82) is 0 Å². The Morgan fingerprint density at radius 3 is 2.77 bits per heavy atom. The van der Waals surface area contributed by atoms with Crippen molar-refractivity contribution in [3.63, 3.8) is 0 Å². The molecule has 0 bridgehead atoms. The lowest BCUT2D eigenvalue weighted by Crippen LogP contribution is -2.50. The molecule has 1 amide bonds. The Morgan fingerprint density at radius 1 is 1.34 bits per heavy atom. The second-order valence-electron chi connectivity index (χ2n) is 9.22. The first kappa shape index (κ1) is 25.1. The number of carbonyl (C=O) groups is 1. The van der Waals surface area contributed by atoms with Gasteiger partial charge < -0.3 is 14.7 Å². The predicted molar refractivity (Wildman–Crippen MR) is 129 cm³/mol. The molecule has 0 saturated heterocycles. The van der Waals surface area contributed by atoms with Gasteiger partial charge in [-0.15, -0.1) is 0 Å². The van der Waals surface area contributed by atoms with Gasteiger partial charge in [0.05, 0.1) is 19.3 Å². The molecule has 2 aliphatic rings. The number of likely N-dealkylation sites (N-methyl/N-ethyl adjacent to an activating group) is 1. The van der Waals surface area contributed by atoms with E-state index in [1.54, 1.807) is 26.1 Å². The summed E-state index contributed by atoms with van der Waals surface area (Å²) in [4.78, 5) is 22.4. The Labute approximate surface area is 206 Å². The van der Waals surface area contributed by atoms with Gasteiger partial charge in [-0.05, 0) is 38.0 Å². The summed E-state index contributed by atoms with van der Waals surface area (Å²) in [6, 6.07) is 4.22. The first-order valence-corrected chi connectivity index (χ1v) is 13.1. The Balaban J connectivity index is 1.69. The summed E-state index contributed by atoms with van der Waals surface area (Å²) >= 11 is 0. The highest BCUT2D eigenvalue weighted by Gasteiger charge is 2.38. The fourth-order valence-corrected chi connectivity index (χ4v) is 5.72. The van der Waals surface area contributed by atoms with Crippen LogP contribution < -0.4 is 4.74 Å². The number of fused-ring (bicyclic) bond motifs is 1. The number of benzene rings is 1. The number of ether oxygens (including phenoxy) is 1. The van der Waals surface area contributed by atoms with Crippen molar-refractivity contribution in [3.8, 4) is 17.6 Å². The molecular weight excluding hydrogens is 468 g/mol. The summed E-state index contributed by atoms with van der Waals surface area (Å²) in [7, 11) is -2.28. The van der Waals surface area contributed by atoms with Crippen LogP contribution >= 0.6 is 0 Å². The quantitative estimate of drug-likeness (QED) is 0.625. The van der Waals surface area contributed by atoms with Crippen LogP contribution in [0.2, 0.25) is 0 Å². The number of nitrogens with zero attached hydrogens (tertiary/aromatic N) is 4. The zero-order valence-electron chi connectivity index (χ0n) is 20.1. The number of amides is 1. The van der Waals surface area contributed by atoms with E-state index in [2.05, 4.69) is 21.8 Å². The van der Waals surface area contributed by atoms with Crippen LogP contribution in [0.15, 0.2) is 41.7 Å². The van der Waals surface area contributed by atoms with Gasteiger partial charge in [-0.3, -0.25) is 9.78 Å². The molecule has 0 unspecified atom stereocenters. The number of aliphatic hydroxyl groups is 1. The molecule has 1 saturated carbocycles. The van der Waals surface area contributed by atoms with E-state index in [4.69, 9.17) is 4.74 Å². The lowest BCUT2D eigenvalue weighted by Gasteiger charge is -2.37. The third kappa shape index (κ3) is 5.64. The Hall–Kier alpha value is -3.00. The monoisotopic (exact) mass is 498 g/mol. The van der Waals surface area contributed by atoms with Crippen molar-refractivity contribution in [1.82, 2.24) is 19.2 Å². The normalized spacial score (nSPS) is 22.4. The fourth-order valence-electron chi connectivity index (χ4n) is 3.89. The van der Waals surface area contributed by atoms with E-state index in [1.165, 1.54) is 33.9 Å². The number of hydrogen-bond donors (Lipinski definition) is 1. The van der Waals surface area contributed by atoms with E-state index < -0.39 is 22.2 Å². The SMILES string of the molecule is C[C@H](CO)N1C[C@H](C)[C@@H](CN(C)C(=O)c2cnccn2)Oc2cc(C#CC3CC3)ccc2S1(=O)=O. The van der Waals surface area contributed by atoms with Crippen molar-refractivity contribution in [2.75, 3.05) is 26.7 Å². The van der Waals surface area contributed by atoms with Crippen molar-refractivity contribution in [2.45, 2.75) is 43.7 Å². The third-order valence-electron chi connectivity index (χ3n) is 6.25. The van der Waals surface area contributed by atoms with E-state index in [0.717, 1.165) is 12.8 Å². The van der Waals surface area contributed by atoms with E-state index in [9.17, 15) is 18.3 Å². The molecule has 1 aromatic heterocycles. The maximum absolute atomic E-state index is 13.6. The standard InChI is InChI=1S/C25H30N4O5S/c1-17-14-29(18(2)16-30)35(32,33)24-9-8-20(7-6-19-4-5-19)12-22(24)34-23(17)15-28(3)25(31)21-13-26-10-11-27-21/h8-13,17-19,23,30H,4-5,14-16H2,1-3H3/t17-,18+,23+/m0/s1. The molecule has 2 heterocycles. The lowest BCUT2D eigenvalue weighted by molar-refractivity contribution is 0.0559. The van der Waals surface area contributed by atoms with Gasteiger partial charge in [0.1, 0.15) is 22.4 Å². The Bertz CT molecular complexity index is 1240. The average Bonchev–Trinajstić information content (AvgIpc) is 3.69. The van der Waals surface area contributed by atoms with Crippen molar-refractivity contribution < 1.29 is 23.1 Å². The number of rotatable bonds is 5. The second kappa shape index (κ2) is 10.3. The topological polar surface area (TPSA) is 113 Å². The summed E-state index contributed by atoms with van der Waals surface area (Å²) in [5.41, 5.74) is 0.883. The van der Waals surface area contributed by atoms with Gasteiger partial charge in [0, 0.05) is 49.4 Å². The largest absolute Gasteiger partial charge is 0.487 e. The van der Waals surface area contributed by atoms with Gasteiger partial charge >= 0.3 is 0 Å². The molecule has 9 nitrogen and oxygen atoms in total. The van der Waals surface area contributed by atoms with E-state index in [0.29, 0.717) is 11.5 Å². The van der Waals surface area contributed by atoms with Gasteiger partial charge in [0.15, 0.2) is 0 Å². The van der Waals surface area contributed by atoms with Crippen LogP contribution in [0, 0.1) is 23.7 Å². The smallest absolute Gasteiger partial charge is 0.273 e. The first-order valence-electron chi connectivity index (χ1n) is 11.7. The maximum Gasteiger partial charge on any atom is 0.273 e. The molecule has 10 heteroatoms. The van der Waals surface area contributed by atoms with Crippen LogP contribution in [0.5, 0.6) is 5.75 Å². The van der Waals surface area contributed by atoms with Crippen LogP contribution in [0.25, 0.3) is 0 Å². The van der Waals surface area contributed by atoms with Crippen LogP contribution in [-0.2, 0) is 10.0 Å². The summed E-state index contributed by atoms with van der Waals surface area (Å²) < 4.78 is 34.7. The minimum absolute atomic E-state index is 0.0228. The highest BCUT2D eigenvalue weighted by Crippen LogP contribution is 2.34. The van der Waals surface area contributed by atoms with E-state index in [-0.39, 0.29) is 47.9 Å². The van der Waals surface area contributed by atoms with Gasteiger partial charge in [-0.2, -0.15) is 4.31 Å². The molecular formula is C25H30N4O5S. The minimum atomic E-state index is -3.93. The van der Waals surface area contributed by atoms with Gasteiger partial charge in [-0.1, -0.05) is 18.8 Å². The second-order valence-corrected chi connectivity index (χ2v) is 11.1. The molecule has 0 radical (unpaired) electrons. The number of carbonyl (C=O) groups excluding carboxylic acids is 1. The zero-order chi connectivity index (χ0) is 25.2. The molecule has 1 aromatic carbocycles. The summed E-state index contributed by atoms with van der Waals surface area (Å²) in [6.45, 7) is 3.56. The first-order chi connectivity index (χ1) is 16.7. The maximum atomic E-state index is 13.6. The fraction of sp³-hybridized carbons (Fsp3) is 0.480. The van der Waals surface area contributed by atoms with Crippen molar-refractivity contribution >= 4 is 15.9 Å². The highest BCUT2D eigenvalue weighted by atomic mass is 32.2. The molecule has 1 N–H and O–H groups in total. The van der Waals surface area contributed by atoms with E-state index >= 15 is 0 Å². The summed E-state index contributed by atoms with van der Waals surface area (Å²) in [5.74, 6) is 6.29. The predicted octanol–water partition coefficient (Wildman–Crippen LogP) is 1.78. The van der Waals surface area contributed by atoms with E-state index in [1.807, 2.05) is 6.92 Å². The molecule has 35 heavy (non-hydrogen) atoms. The molecule has 186 valence electrons. The molecule has 1 aliphatic carbocycles. The summed E-state index contributed by atoms with van der Waals surface area (Å²) in [6.07, 6.45) is 6.00. The molecule has 0 spiro atoms. The van der Waals surface area contributed by atoms with Crippen LogP contribution in [-0.4, -0.2) is 77.5 Å². The average molecular weight is 499 g/mol.